The quantitative estimate of drug-likeness (QED) is 0.837. The molecule has 0 saturated heterocycles. The summed E-state index contributed by atoms with van der Waals surface area (Å²) in [7, 11) is 3.46. The van der Waals surface area contributed by atoms with Crippen LogP contribution in [0, 0.1) is 5.92 Å². The minimum absolute atomic E-state index is 0. The van der Waals surface area contributed by atoms with E-state index < -0.39 is 0 Å². The van der Waals surface area contributed by atoms with E-state index in [0.717, 1.165) is 6.42 Å². The highest BCUT2D eigenvalue weighted by Gasteiger charge is 2.11. The summed E-state index contributed by atoms with van der Waals surface area (Å²) in [6.07, 6.45) is 3.42. The third kappa shape index (κ3) is 10.0. The van der Waals surface area contributed by atoms with Crippen LogP contribution >= 0.6 is 0 Å². The van der Waals surface area contributed by atoms with E-state index >= 15 is 0 Å². The van der Waals surface area contributed by atoms with Gasteiger partial charge >= 0.3 is 0 Å². The Labute approximate surface area is 129 Å². The molecule has 1 aromatic heterocycles. The lowest BCUT2D eigenvalue weighted by atomic mass is 10.1. The van der Waals surface area contributed by atoms with E-state index in [1.54, 1.807) is 7.05 Å². The first-order valence-electron chi connectivity index (χ1n) is 7.63. The minimum atomic E-state index is -0.0293. The van der Waals surface area contributed by atoms with Gasteiger partial charge in [0.1, 0.15) is 0 Å². The fourth-order valence-electron chi connectivity index (χ4n) is 1.41. The zero-order valence-electron chi connectivity index (χ0n) is 14.3. The van der Waals surface area contributed by atoms with Crippen molar-refractivity contribution in [2.45, 2.75) is 53.5 Å². The zero-order chi connectivity index (χ0) is 16.3. The van der Waals surface area contributed by atoms with Crippen LogP contribution in [0.15, 0.2) is 4.52 Å². The third-order valence-electron chi connectivity index (χ3n) is 2.70. The SMILES string of the molecule is CCCC.CNC(=O)CN(C)Cc1noc(CC(C)C)n1.[HH]. The molecule has 0 spiro atoms. The average molecular weight is 300 g/mol. The Hall–Kier alpha value is -1.43. The summed E-state index contributed by atoms with van der Waals surface area (Å²) in [4.78, 5) is 17.3. The standard InChI is InChI=1S/C11H20N4O2.C4H10.H2/c1-8(2)5-11-13-9(14-17-11)6-15(4)7-10(16)12-3;1-3-4-2;/h8H,5-7H2,1-4H3,(H,12,16);3-4H2,1-2H3;1H. The number of amides is 1. The largest absolute Gasteiger partial charge is 0.358 e. The zero-order valence-corrected chi connectivity index (χ0v) is 14.3. The van der Waals surface area contributed by atoms with Gasteiger partial charge in [0.25, 0.3) is 0 Å². The fourth-order valence-corrected chi connectivity index (χ4v) is 1.41. The van der Waals surface area contributed by atoms with E-state index in [4.69, 9.17) is 4.52 Å². The highest BCUT2D eigenvalue weighted by Crippen LogP contribution is 2.06. The second kappa shape index (κ2) is 11.3. The van der Waals surface area contributed by atoms with E-state index in [1.807, 2.05) is 11.9 Å². The van der Waals surface area contributed by atoms with Gasteiger partial charge in [0.15, 0.2) is 5.82 Å². The fraction of sp³-hybridized carbons (Fsp3) is 0.800. The number of unbranched alkanes of at least 4 members (excludes halogenated alkanes) is 1. The molecule has 124 valence electrons. The summed E-state index contributed by atoms with van der Waals surface area (Å²) in [5.41, 5.74) is 0. The normalized spacial score (nSPS) is 10.5. The topological polar surface area (TPSA) is 71.3 Å². The van der Waals surface area contributed by atoms with Crippen LogP contribution in [0.3, 0.4) is 0 Å². The number of carbonyl (C=O) groups is 1. The Bertz CT molecular complexity index is 395. The molecule has 0 aliphatic rings. The molecule has 0 radical (unpaired) electrons. The van der Waals surface area contributed by atoms with E-state index in [2.05, 4.69) is 43.2 Å². The molecule has 0 aliphatic carbocycles. The van der Waals surface area contributed by atoms with Crippen molar-refractivity contribution in [2.24, 2.45) is 5.92 Å². The maximum Gasteiger partial charge on any atom is 0.233 e. The number of likely N-dealkylation sites (N-methyl/N-ethyl adjacent to an activating group) is 2. The van der Waals surface area contributed by atoms with Crippen LogP contribution in [0.5, 0.6) is 0 Å². The molecular formula is C15H32N4O2. The van der Waals surface area contributed by atoms with Crippen molar-refractivity contribution >= 4 is 5.91 Å². The second-order valence-corrected chi connectivity index (χ2v) is 5.55. The summed E-state index contributed by atoms with van der Waals surface area (Å²) in [6.45, 7) is 9.39. The number of nitrogens with one attached hydrogen (secondary N) is 1. The first kappa shape index (κ1) is 19.6. The van der Waals surface area contributed by atoms with Gasteiger partial charge in [-0.15, -0.1) is 0 Å². The predicted molar refractivity (Wildman–Crippen MR) is 85.9 cm³/mol. The maximum atomic E-state index is 11.1. The lowest BCUT2D eigenvalue weighted by Gasteiger charge is -2.12. The van der Waals surface area contributed by atoms with E-state index in [9.17, 15) is 4.79 Å². The molecule has 1 amide bonds. The monoisotopic (exact) mass is 300 g/mol. The van der Waals surface area contributed by atoms with Gasteiger partial charge in [-0.2, -0.15) is 4.98 Å². The summed E-state index contributed by atoms with van der Waals surface area (Å²) in [5, 5.41) is 6.45. The number of hydrogen-bond acceptors (Lipinski definition) is 5. The Morgan fingerprint density at radius 2 is 2.00 bits per heavy atom. The smallest absolute Gasteiger partial charge is 0.233 e. The molecule has 6 nitrogen and oxygen atoms in total. The van der Waals surface area contributed by atoms with Gasteiger partial charge in [0.05, 0.1) is 13.1 Å². The predicted octanol–water partition coefficient (Wildman–Crippen LogP) is 2.50. The minimum Gasteiger partial charge on any atom is -0.358 e. The molecule has 1 N–H and O–H groups in total. The van der Waals surface area contributed by atoms with Crippen LogP contribution in [-0.2, 0) is 17.8 Å². The van der Waals surface area contributed by atoms with Crippen molar-refractivity contribution in [3.8, 4) is 0 Å². The highest BCUT2D eigenvalue weighted by atomic mass is 16.5. The molecule has 0 aromatic carbocycles. The molecule has 0 fully saturated rings. The molecular weight excluding hydrogens is 268 g/mol. The first-order chi connectivity index (χ1) is 9.92. The van der Waals surface area contributed by atoms with Gasteiger partial charge in [-0.05, 0) is 13.0 Å². The lowest BCUT2D eigenvalue weighted by Crippen LogP contribution is -2.32. The second-order valence-electron chi connectivity index (χ2n) is 5.55. The van der Waals surface area contributed by atoms with Crippen LogP contribution in [-0.4, -0.2) is 41.6 Å². The molecule has 1 heterocycles. The number of hydrogen-bond donors (Lipinski definition) is 1. The third-order valence-corrected chi connectivity index (χ3v) is 2.70. The van der Waals surface area contributed by atoms with Crippen LogP contribution in [0.4, 0.5) is 0 Å². The van der Waals surface area contributed by atoms with Crippen molar-refractivity contribution in [2.75, 3.05) is 20.6 Å². The summed E-state index contributed by atoms with van der Waals surface area (Å²) >= 11 is 0. The van der Waals surface area contributed by atoms with Crippen LogP contribution in [0.1, 0.15) is 53.7 Å². The molecule has 0 unspecified atom stereocenters. The number of carbonyl (C=O) groups excluding carboxylic acids is 1. The number of rotatable bonds is 7. The molecule has 1 rings (SSSR count). The van der Waals surface area contributed by atoms with E-state index in [-0.39, 0.29) is 7.33 Å². The van der Waals surface area contributed by atoms with Crippen molar-refractivity contribution in [3.05, 3.63) is 11.7 Å². The Kier molecular flexibility index (Phi) is 10.5. The van der Waals surface area contributed by atoms with Gasteiger partial charge in [-0.25, -0.2) is 0 Å². The Balaban J connectivity index is 0. The van der Waals surface area contributed by atoms with Crippen molar-refractivity contribution in [1.29, 1.82) is 0 Å². The Morgan fingerprint density at radius 3 is 2.48 bits per heavy atom. The lowest BCUT2D eigenvalue weighted by molar-refractivity contribution is -0.121. The summed E-state index contributed by atoms with van der Waals surface area (Å²) in [5.74, 6) is 1.74. The number of nitrogens with zero attached hydrogens (tertiary/aromatic N) is 3. The van der Waals surface area contributed by atoms with E-state index in [1.165, 1.54) is 12.8 Å². The van der Waals surface area contributed by atoms with Crippen molar-refractivity contribution in [1.82, 2.24) is 20.4 Å². The van der Waals surface area contributed by atoms with E-state index in [0.29, 0.717) is 30.7 Å². The van der Waals surface area contributed by atoms with Crippen molar-refractivity contribution in [3.63, 3.8) is 0 Å². The molecule has 1 aromatic rings. The van der Waals surface area contributed by atoms with Gasteiger partial charge in [-0.3, -0.25) is 9.69 Å². The van der Waals surface area contributed by atoms with Gasteiger partial charge in [-0.1, -0.05) is 45.7 Å². The summed E-state index contributed by atoms with van der Waals surface area (Å²) in [6, 6.07) is 0. The molecule has 6 heteroatoms. The Morgan fingerprint density at radius 1 is 1.38 bits per heavy atom. The van der Waals surface area contributed by atoms with Gasteiger partial charge in [0, 0.05) is 14.9 Å². The number of aromatic nitrogens is 2. The molecule has 0 aliphatic heterocycles. The van der Waals surface area contributed by atoms with Gasteiger partial charge < -0.3 is 9.84 Å². The highest BCUT2D eigenvalue weighted by molar-refractivity contribution is 5.77. The van der Waals surface area contributed by atoms with Crippen LogP contribution in [0.25, 0.3) is 0 Å². The van der Waals surface area contributed by atoms with Gasteiger partial charge in [0.2, 0.25) is 11.8 Å². The van der Waals surface area contributed by atoms with Crippen molar-refractivity contribution < 1.29 is 10.7 Å². The molecule has 0 bridgehead atoms. The molecule has 0 saturated carbocycles. The van der Waals surface area contributed by atoms with Crippen LogP contribution < -0.4 is 5.32 Å². The van der Waals surface area contributed by atoms with Crippen LogP contribution in [0.2, 0.25) is 0 Å². The molecule has 0 atom stereocenters. The maximum absolute atomic E-state index is 11.1. The molecule has 21 heavy (non-hydrogen) atoms. The first-order valence-corrected chi connectivity index (χ1v) is 7.63. The summed E-state index contributed by atoms with van der Waals surface area (Å²) < 4.78 is 5.12. The average Bonchev–Trinajstić information content (AvgIpc) is 2.84.